The molecule has 0 saturated carbocycles. The van der Waals surface area contributed by atoms with Gasteiger partial charge in [-0.2, -0.15) is 0 Å². The molecule has 0 heterocycles. The highest BCUT2D eigenvalue weighted by molar-refractivity contribution is 6.01. The molecular weight excluding hydrogens is 729 g/mol. The van der Waals surface area contributed by atoms with Gasteiger partial charge in [-0.3, -0.25) is 14.4 Å². The molecule has 2 unspecified atom stereocenters. The Bertz CT molecular complexity index is 1810. The van der Waals surface area contributed by atoms with Crippen LogP contribution in [0.4, 0.5) is 0 Å². The molecule has 0 spiro atoms. The number of carbonyl (C=O) groups is 3. The largest absolute Gasteiger partial charge is 0.454 e. The Hall–Kier alpha value is -4.13. The number of nitrogens with zero attached hydrogens (tertiary/aromatic N) is 2. The molecule has 0 aromatic carbocycles. The van der Waals surface area contributed by atoms with Crippen LogP contribution in [0.25, 0.3) is 0 Å². The predicted octanol–water partition coefficient (Wildman–Crippen LogP) is 12.2. The van der Waals surface area contributed by atoms with Gasteiger partial charge in [0.1, 0.15) is 0 Å². The van der Waals surface area contributed by atoms with Crippen molar-refractivity contribution in [2.45, 2.75) is 127 Å². The molecule has 0 fully saturated rings. The fourth-order valence-corrected chi connectivity index (χ4v) is 7.87. The molecule has 0 aliphatic heterocycles. The quantitative estimate of drug-likeness (QED) is 0.0654. The Balaban J connectivity index is 1.94. The van der Waals surface area contributed by atoms with Crippen LogP contribution in [0.3, 0.4) is 0 Å². The Morgan fingerprint density at radius 3 is 1.56 bits per heavy atom. The fourth-order valence-electron chi connectivity index (χ4n) is 7.87. The number of hydrogen-bond donors (Lipinski definition) is 0. The first kappa shape index (κ1) is 51.0. The van der Waals surface area contributed by atoms with Crippen molar-refractivity contribution >= 4 is 17.5 Å². The van der Waals surface area contributed by atoms with Crippen LogP contribution in [0, 0.1) is 16.7 Å². The summed E-state index contributed by atoms with van der Waals surface area (Å²) in [5.74, 6) is 0.0619. The maximum atomic E-state index is 13.3. The van der Waals surface area contributed by atoms with Gasteiger partial charge in [-0.1, -0.05) is 148 Å². The average Bonchev–Trinajstić information content (AvgIpc) is 3.13. The summed E-state index contributed by atoms with van der Waals surface area (Å²) < 4.78 is 5.65. The van der Waals surface area contributed by atoms with E-state index in [1.807, 2.05) is 70.1 Å². The van der Waals surface area contributed by atoms with Gasteiger partial charge in [-0.05, 0) is 142 Å². The zero-order chi connectivity index (χ0) is 44.3. The molecule has 6 nitrogen and oxygen atoms in total. The minimum absolute atomic E-state index is 0.0221. The maximum absolute atomic E-state index is 13.3. The topological polar surface area (TPSA) is 66.9 Å². The van der Waals surface area contributed by atoms with Crippen LogP contribution in [0.5, 0.6) is 0 Å². The number of rotatable bonds is 21. The minimum atomic E-state index is -0.725. The van der Waals surface area contributed by atoms with E-state index < -0.39 is 6.10 Å². The van der Waals surface area contributed by atoms with Gasteiger partial charge < -0.3 is 14.5 Å². The third-order valence-electron chi connectivity index (χ3n) is 11.3. The van der Waals surface area contributed by atoms with E-state index in [0.29, 0.717) is 30.6 Å². The summed E-state index contributed by atoms with van der Waals surface area (Å²) in [6, 6.07) is 0. The number of allylic oxidation sites excluding steroid dienone is 21. The first-order valence-electron chi connectivity index (χ1n) is 21.7. The standard InChI is InChI=1S/C53H78N2O4/c1-39(25-20-27-41(3)31-33-46-43(5)50(57)45(37-52(46,7)8)29-16-15-19-35-54(11)12)23-17-18-24-40(2)26-21-28-42(4)32-34-47-44(6)51(58)48(38-53(47,9)10)59-49(56)30-22-36-55(13)14/h17-18,20-21,23-28,31-34,45,48H,15-16,19,22,29-30,35-38H2,1-14H3. The normalized spacial score (nSPS) is 21.4. The summed E-state index contributed by atoms with van der Waals surface area (Å²) in [6.45, 7) is 22.8. The summed E-state index contributed by atoms with van der Waals surface area (Å²) in [7, 11) is 8.17. The summed E-state index contributed by atoms with van der Waals surface area (Å²) in [5.41, 5.74) is 7.89. The highest BCUT2D eigenvalue weighted by atomic mass is 16.5. The van der Waals surface area contributed by atoms with Crippen LogP contribution in [0.15, 0.2) is 130 Å². The lowest BCUT2D eigenvalue weighted by molar-refractivity contribution is -0.156. The monoisotopic (exact) mass is 807 g/mol. The Morgan fingerprint density at radius 1 is 0.610 bits per heavy atom. The summed E-state index contributed by atoms with van der Waals surface area (Å²) in [5, 5.41) is 0. The van der Waals surface area contributed by atoms with E-state index in [-0.39, 0.29) is 28.5 Å². The van der Waals surface area contributed by atoms with Gasteiger partial charge in [-0.15, -0.1) is 0 Å². The molecule has 0 bridgehead atoms. The highest BCUT2D eigenvalue weighted by Crippen LogP contribution is 2.44. The van der Waals surface area contributed by atoms with Gasteiger partial charge in [0.2, 0.25) is 0 Å². The van der Waals surface area contributed by atoms with E-state index in [0.717, 1.165) is 65.8 Å². The van der Waals surface area contributed by atoms with Crippen molar-refractivity contribution in [2.24, 2.45) is 16.7 Å². The molecule has 0 aromatic rings. The zero-order valence-electron chi connectivity index (χ0n) is 39.3. The van der Waals surface area contributed by atoms with E-state index in [2.05, 4.69) is 122 Å². The van der Waals surface area contributed by atoms with Crippen molar-refractivity contribution in [3.63, 3.8) is 0 Å². The van der Waals surface area contributed by atoms with Crippen LogP contribution in [-0.4, -0.2) is 74.7 Å². The molecule has 2 aliphatic rings. The summed E-state index contributed by atoms with van der Waals surface area (Å²) in [6.07, 6.45) is 35.3. The van der Waals surface area contributed by atoms with Crippen LogP contribution in [-0.2, 0) is 19.1 Å². The van der Waals surface area contributed by atoms with Crippen molar-refractivity contribution in [1.29, 1.82) is 0 Å². The van der Waals surface area contributed by atoms with Crippen molar-refractivity contribution in [2.75, 3.05) is 41.3 Å². The third kappa shape index (κ3) is 18.4. The predicted molar refractivity (Wildman–Crippen MR) is 251 cm³/mol. The average molecular weight is 807 g/mol. The molecule has 0 N–H and O–H groups in total. The van der Waals surface area contributed by atoms with E-state index in [9.17, 15) is 14.4 Å². The van der Waals surface area contributed by atoms with Crippen LogP contribution in [0.1, 0.15) is 121 Å². The first-order valence-corrected chi connectivity index (χ1v) is 21.7. The minimum Gasteiger partial charge on any atom is -0.454 e. The Morgan fingerprint density at radius 2 is 1.05 bits per heavy atom. The molecular formula is C53H78N2O4. The van der Waals surface area contributed by atoms with Gasteiger partial charge in [0.15, 0.2) is 17.7 Å². The van der Waals surface area contributed by atoms with Crippen molar-refractivity contribution in [3.8, 4) is 0 Å². The number of Topliss-reactive ketones (excluding diaryl/α,β-unsaturated/α-hetero) is 2. The molecule has 2 atom stereocenters. The zero-order valence-corrected chi connectivity index (χ0v) is 39.3. The van der Waals surface area contributed by atoms with Gasteiger partial charge >= 0.3 is 5.97 Å². The second-order valence-corrected chi connectivity index (χ2v) is 18.6. The van der Waals surface area contributed by atoms with Gasteiger partial charge in [-0.25, -0.2) is 0 Å². The SMILES string of the molecule is CC(C=CC=C(C)C=CC1=C(C)C(=O)C(CCCCCN(C)C)CC1(C)C)=CC=CC=C(C)C=CC=C(C)C=CC1=C(C)C(=O)C(OC(=O)CCCN(C)C)CC1(C)C. The van der Waals surface area contributed by atoms with E-state index >= 15 is 0 Å². The lowest BCUT2D eigenvalue weighted by Crippen LogP contribution is -2.39. The number of hydrogen-bond acceptors (Lipinski definition) is 6. The van der Waals surface area contributed by atoms with Crippen molar-refractivity contribution < 1.29 is 19.1 Å². The Kier molecular flexibility index (Phi) is 21.5. The molecule has 2 aliphatic carbocycles. The molecule has 0 radical (unpaired) electrons. The lowest BCUT2D eigenvalue weighted by Gasteiger charge is -2.37. The number of ketones is 2. The summed E-state index contributed by atoms with van der Waals surface area (Å²) >= 11 is 0. The molecule has 0 saturated heterocycles. The number of unbranched alkanes of at least 4 members (excludes halogenated alkanes) is 2. The number of esters is 1. The van der Waals surface area contributed by atoms with Crippen molar-refractivity contribution in [1.82, 2.24) is 9.80 Å². The van der Waals surface area contributed by atoms with Crippen molar-refractivity contribution in [3.05, 3.63) is 130 Å². The number of carbonyl (C=O) groups excluding carboxylic acids is 3. The molecule has 324 valence electrons. The van der Waals surface area contributed by atoms with Crippen LogP contribution < -0.4 is 0 Å². The molecule has 6 heteroatoms. The molecule has 2 rings (SSSR count). The lowest BCUT2D eigenvalue weighted by atomic mass is 9.66. The van der Waals surface area contributed by atoms with E-state index in [1.54, 1.807) is 0 Å². The Labute approximate surface area is 359 Å². The summed E-state index contributed by atoms with van der Waals surface area (Å²) in [4.78, 5) is 43.1. The fraction of sp³-hybridized carbons (Fsp3) is 0.528. The van der Waals surface area contributed by atoms with E-state index in [1.165, 1.54) is 18.4 Å². The second-order valence-electron chi connectivity index (χ2n) is 18.6. The van der Waals surface area contributed by atoms with Gasteiger partial charge in [0.25, 0.3) is 0 Å². The molecule has 0 amide bonds. The van der Waals surface area contributed by atoms with Gasteiger partial charge in [0, 0.05) is 18.8 Å². The second kappa shape index (κ2) is 24.8. The number of ether oxygens (including phenoxy) is 1. The third-order valence-corrected chi connectivity index (χ3v) is 11.3. The van der Waals surface area contributed by atoms with Gasteiger partial charge in [0.05, 0.1) is 0 Å². The van der Waals surface area contributed by atoms with E-state index in [4.69, 9.17) is 4.74 Å². The molecule has 0 aromatic heterocycles. The smallest absolute Gasteiger partial charge is 0.306 e. The maximum Gasteiger partial charge on any atom is 0.306 e. The highest BCUT2D eigenvalue weighted by Gasteiger charge is 2.40. The molecule has 59 heavy (non-hydrogen) atoms. The van der Waals surface area contributed by atoms with Crippen LogP contribution >= 0.6 is 0 Å². The first-order chi connectivity index (χ1) is 27.6. The van der Waals surface area contributed by atoms with Crippen LogP contribution in [0.2, 0.25) is 0 Å².